The van der Waals surface area contributed by atoms with Crippen LogP contribution < -0.4 is 0 Å². The predicted molar refractivity (Wildman–Crippen MR) is 63.1 cm³/mol. The highest BCUT2D eigenvalue weighted by Crippen LogP contribution is 2.26. The lowest BCUT2D eigenvalue weighted by Gasteiger charge is -1.96. The second kappa shape index (κ2) is 4.15. The molecule has 0 unspecified atom stereocenters. The smallest absolute Gasteiger partial charge is 0.0931 e. The molecule has 4 heteroatoms. The van der Waals surface area contributed by atoms with Crippen LogP contribution in [0.3, 0.4) is 0 Å². The van der Waals surface area contributed by atoms with E-state index in [2.05, 4.69) is 44.3 Å². The van der Waals surface area contributed by atoms with E-state index in [1.807, 2.05) is 18.2 Å². The summed E-state index contributed by atoms with van der Waals surface area (Å²) in [5, 5.41) is 4.07. The zero-order chi connectivity index (χ0) is 9.10. The highest BCUT2D eigenvalue weighted by atomic mass is 127. The number of nitrogens with zero attached hydrogens (tertiary/aromatic N) is 2. The van der Waals surface area contributed by atoms with Gasteiger partial charge in [0.25, 0.3) is 0 Å². The quantitative estimate of drug-likeness (QED) is 0.629. The second-order valence-corrected chi connectivity index (χ2v) is 4.07. The lowest BCUT2D eigenvalue weighted by Crippen LogP contribution is -1.81. The largest absolute Gasteiger partial charge is 0.142 e. The Hall–Kier alpha value is -0.490. The van der Waals surface area contributed by atoms with Gasteiger partial charge in [0.2, 0.25) is 0 Å². The summed E-state index contributed by atoms with van der Waals surface area (Å²) in [6, 6.07) is 10.3. The summed E-state index contributed by atoms with van der Waals surface area (Å²) in [4.78, 5) is 1.19. The Bertz CT molecular complexity index is 386. The van der Waals surface area contributed by atoms with Crippen LogP contribution in [0.4, 0.5) is 0 Å². The summed E-state index contributed by atoms with van der Waals surface area (Å²) in [7, 11) is 0. The standard InChI is InChI=1S/C9H7IN2S/c10-6-8-9(13-12-11-8)7-4-2-1-3-5-7/h1-5H,6H2. The molecule has 1 heterocycles. The van der Waals surface area contributed by atoms with E-state index in [-0.39, 0.29) is 0 Å². The minimum absolute atomic E-state index is 0.915. The highest BCUT2D eigenvalue weighted by Gasteiger charge is 2.07. The topological polar surface area (TPSA) is 25.8 Å². The molecule has 13 heavy (non-hydrogen) atoms. The second-order valence-electron chi connectivity index (χ2n) is 2.55. The maximum absolute atomic E-state index is 4.07. The molecule has 66 valence electrons. The SMILES string of the molecule is ICc1nnsc1-c1ccccc1. The average molecular weight is 302 g/mol. The van der Waals surface area contributed by atoms with E-state index in [0.717, 1.165) is 10.1 Å². The molecule has 0 saturated carbocycles. The minimum atomic E-state index is 0.915. The van der Waals surface area contributed by atoms with E-state index in [1.165, 1.54) is 22.0 Å². The van der Waals surface area contributed by atoms with Crippen LogP contribution in [0.1, 0.15) is 5.69 Å². The Morgan fingerprint density at radius 1 is 1.23 bits per heavy atom. The third kappa shape index (κ3) is 1.88. The minimum Gasteiger partial charge on any atom is -0.142 e. The van der Waals surface area contributed by atoms with Crippen LogP contribution >= 0.6 is 34.1 Å². The number of rotatable bonds is 2. The van der Waals surface area contributed by atoms with Crippen LogP contribution in [-0.4, -0.2) is 9.59 Å². The van der Waals surface area contributed by atoms with E-state index in [1.54, 1.807) is 0 Å². The van der Waals surface area contributed by atoms with Gasteiger partial charge >= 0.3 is 0 Å². The van der Waals surface area contributed by atoms with Gasteiger partial charge in [-0.3, -0.25) is 0 Å². The van der Waals surface area contributed by atoms with Crippen molar-refractivity contribution in [2.75, 3.05) is 0 Å². The molecular weight excluding hydrogens is 295 g/mol. The van der Waals surface area contributed by atoms with Crippen LogP contribution in [0.15, 0.2) is 30.3 Å². The van der Waals surface area contributed by atoms with Gasteiger partial charge in [0.05, 0.1) is 10.6 Å². The molecule has 0 spiro atoms. The molecular formula is C9H7IN2S. The molecule has 0 N–H and O–H groups in total. The molecule has 0 fully saturated rings. The summed E-state index contributed by atoms with van der Waals surface area (Å²) in [5.41, 5.74) is 2.29. The van der Waals surface area contributed by atoms with E-state index in [4.69, 9.17) is 0 Å². The first-order chi connectivity index (χ1) is 6.42. The van der Waals surface area contributed by atoms with Crippen molar-refractivity contribution < 1.29 is 0 Å². The molecule has 2 nitrogen and oxygen atoms in total. The number of hydrogen-bond donors (Lipinski definition) is 0. The fourth-order valence-corrected chi connectivity index (χ4v) is 2.58. The molecule has 1 aromatic heterocycles. The molecule has 0 bridgehead atoms. The molecule has 0 aliphatic rings. The van der Waals surface area contributed by atoms with Gasteiger partial charge in [-0.2, -0.15) is 0 Å². The Balaban J connectivity index is 2.47. The molecule has 0 aliphatic carbocycles. The van der Waals surface area contributed by atoms with Crippen molar-refractivity contribution in [3.8, 4) is 10.4 Å². The van der Waals surface area contributed by atoms with Crippen molar-refractivity contribution in [3.63, 3.8) is 0 Å². The Morgan fingerprint density at radius 2 is 2.00 bits per heavy atom. The van der Waals surface area contributed by atoms with Gasteiger partial charge in [0.15, 0.2) is 0 Å². The Morgan fingerprint density at radius 3 is 2.69 bits per heavy atom. The monoisotopic (exact) mass is 302 g/mol. The fourth-order valence-electron chi connectivity index (χ4n) is 1.10. The van der Waals surface area contributed by atoms with Gasteiger partial charge in [-0.15, -0.1) is 5.10 Å². The van der Waals surface area contributed by atoms with Crippen molar-refractivity contribution in [3.05, 3.63) is 36.0 Å². The maximum Gasteiger partial charge on any atom is 0.0931 e. The Kier molecular flexibility index (Phi) is 2.90. The molecule has 0 atom stereocenters. The van der Waals surface area contributed by atoms with Crippen LogP contribution in [0.25, 0.3) is 10.4 Å². The van der Waals surface area contributed by atoms with Gasteiger partial charge in [-0.25, -0.2) is 0 Å². The van der Waals surface area contributed by atoms with Gasteiger partial charge in [0, 0.05) is 4.43 Å². The number of aromatic nitrogens is 2. The lowest BCUT2D eigenvalue weighted by atomic mass is 10.2. The van der Waals surface area contributed by atoms with Gasteiger partial charge in [-0.05, 0) is 17.1 Å². The lowest BCUT2D eigenvalue weighted by molar-refractivity contribution is 1.09. The van der Waals surface area contributed by atoms with Crippen molar-refractivity contribution in [1.82, 2.24) is 9.59 Å². The molecule has 0 radical (unpaired) electrons. The zero-order valence-corrected chi connectivity index (χ0v) is 9.75. The van der Waals surface area contributed by atoms with Crippen molar-refractivity contribution >= 4 is 34.1 Å². The van der Waals surface area contributed by atoms with Gasteiger partial charge < -0.3 is 0 Å². The molecule has 2 aromatic rings. The number of benzene rings is 1. The summed E-state index contributed by atoms with van der Waals surface area (Å²) < 4.78 is 4.87. The third-order valence-electron chi connectivity index (χ3n) is 1.72. The summed E-state index contributed by atoms with van der Waals surface area (Å²) in [6.45, 7) is 0. The number of alkyl halides is 1. The average Bonchev–Trinajstić information content (AvgIpc) is 2.67. The van der Waals surface area contributed by atoms with E-state index in [0.29, 0.717) is 0 Å². The fraction of sp³-hybridized carbons (Fsp3) is 0.111. The first kappa shape index (κ1) is 9.08. The number of hydrogen-bond acceptors (Lipinski definition) is 3. The third-order valence-corrected chi connectivity index (χ3v) is 3.26. The first-order valence-electron chi connectivity index (χ1n) is 3.84. The summed E-state index contributed by atoms with van der Waals surface area (Å²) >= 11 is 3.77. The number of halogens is 1. The molecule has 0 aliphatic heterocycles. The molecule has 0 saturated heterocycles. The van der Waals surface area contributed by atoms with E-state index in [9.17, 15) is 0 Å². The Labute approximate surface area is 94.3 Å². The van der Waals surface area contributed by atoms with Crippen LogP contribution in [0, 0.1) is 0 Å². The van der Waals surface area contributed by atoms with Crippen LogP contribution in [-0.2, 0) is 4.43 Å². The maximum atomic E-state index is 4.07. The van der Waals surface area contributed by atoms with Crippen molar-refractivity contribution in [1.29, 1.82) is 0 Å². The van der Waals surface area contributed by atoms with Crippen molar-refractivity contribution in [2.45, 2.75) is 4.43 Å². The first-order valence-corrected chi connectivity index (χ1v) is 6.14. The van der Waals surface area contributed by atoms with Gasteiger partial charge in [0.1, 0.15) is 0 Å². The molecule has 1 aromatic carbocycles. The zero-order valence-electron chi connectivity index (χ0n) is 6.77. The normalized spacial score (nSPS) is 10.2. The van der Waals surface area contributed by atoms with Crippen LogP contribution in [0.5, 0.6) is 0 Å². The molecule has 0 amide bonds. The van der Waals surface area contributed by atoms with E-state index < -0.39 is 0 Å². The van der Waals surface area contributed by atoms with Crippen LogP contribution in [0.2, 0.25) is 0 Å². The highest BCUT2D eigenvalue weighted by molar-refractivity contribution is 14.1. The van der Waals surface area contributed by atoms with Crippen molar-refractivity contribution in [2.24, 2.45) is 0 Å². The van der Waals surface area contributed by atoms with Gasteiger partial charge in [-0.1, -0.05) is 57.4 Å². The predicted octanol–water partition coefficient (Wildman–Crippen LogP) is 3.14. The summed E-state index contributed by atoms with van der Waals surface area (Å²) in [6.07, 6.45) is 0. The van der Waals surface area contributed by atoms with E-state index >= 15 is 0 Å². The summed E-state index contributed by atoms with van der Waals surface area (Å²) in [5.74, 6) is 0. The molecule has 2 rings (SSSR count).